The van der Waals surface area contributed by atoms with Crippen molar-refractivity contribution in [2.24, 2.45) is 0 Å². The largest absolute Gasteiger partial charge is 0.480 e. The molecule has 0 bridgehead atoms. The van der Waals surface area contributed by atoms with Gasteiger partial charge in [-0.1, -0.05) is 0 Å². The van der Waals surface area contributed by atoms with Gasteiger partial charge in [-0.15, -0.1) is 0 Å². The van der Waals surface area contributed by atoms with E-state index in [2.05, 4.69) is 15.5 Å². The molecule has 0 spiro atoms. The van der Waals surface area contributed by atoms with Crippen LogP contribution in [-0.4, -0.2) is 52.4 Å². The molecular formula is C12H20N4O2. The van der Waals surface area contributed by atoms with Crippen molar-refractivity contribution in [3.8, 4) is 0 Å². The third-order valence-electron chi connectivity index (χ3n) is 3.43. The lowest BCUT2D eigenvalue weighted by molar-refractivity contribution is -0.143. The summed E-state index contributed by atoms with van der Waals surface area (Å²) >= 11 is 0. The van der Waals surface area contributed by atoms with E-state index in [9.17, 15) is 9.90 Å². The Morgan fingerprint density at radius 3 is 2.78 bits per heavy atom. The first-order valence-electron chi connectivity index (χ1n) is 6.30. The number of aromatic nitrogens is 2. The van der Waals surface area contributed by atoms with Gasteiger partial charge in [-0.05, 0) is 26.8 Å². The second-order valence-corrected chi connectivity index (χ2v) is 4.73. The molecule has 1 saturated heterocycles. The summed E-state index contributed by atoms with van der Waals surface area (Å²) < 4.78 is 0. The molecule has 6 nitrogen and oxygen atoms in total. The monoisotopic (exact) mass is 252 g/mol. The van der Waals surface area contributed by atoms with Gasteiger partial charge in [-0.2, -0.15) is 5.10 Å². The maximum atomic E-state index is 11.6. The van der Waals surface area contributed by atoms with E-state index in [1.54, 1.807) is 0 Å². The first-order valence-corrected chi connectivity index (χ1v) is 6.30. The summed E-state index contributed by atoms with van der Waals surface area (Å²) in [4.78, 5) is 13.6. The van der Waals surface area contributed by atoms with Gasteiger partial charge in [-0.3, -0.25) is 14.8 Å². The molecule has 0 aliphatic carbocycles. The predicted molar refractivity (Wildman–Crippen MR) is 67.5 cm³/mol. The minimum Gasteiger partial charge on any atom is -0.480 e. The predicted octanol–water partition coefficient (Wildman–Crippen LogP) is 0.448. The van der Waals surface area contributed by atoms with E-state index in [4.69, 9.17) is 0 Å². The van der Waals surface area contributed by atoms with Crippen molar-refractivity contribution < 1.29 is 9.90 Å². The second kappa shape index (κ2) is 5.49. The molecule has 1 atom stereocenters. The van der Waals surface area contributed by atoms with Gasteiger partial charge in [0.25, 0.3) is 0 Å². The Hall–Kier alpha value is -1.40. The molecule has 1 unspecified atom stereocenters. The van der Waals surface area contributed by atoms with Crippen molar-refractivity contribution in [2.75, 3.05) is 26.2 Å². The maximum absolute atomic E-state index is 11.6. The summed E-state index contributed by atoms with van der Waals surface area (Å²) in [5.74, 6) is -0.801. The molecule has 1 aromatic rings. The molecule has 1 aromatic heterocycles. The molecule has 0 saturated carbocycles. The Morgan fingerprint density at radius 1 is 1.39 bits per heavy atom. The van der Waals surface area contributed by atoms with Gasteiger partial charge in [-0.25, -0.2) is 0 Å². The number of aryl methyl sites for hydroxylation is 2. The molecule has 1 aliphatic heterocycles. The zero-order chi connectivity index (χ0) is 13.1. The van der Waals surface area contributed by atoms with Crippen LogP contribution in [0.2, 0.25) is 0 Å². The number of carboxylic acids is 1. The van der Waals surface area contributed by atoms with Crippen molar-refractivity contribution in [3.63, 3.8) is 0 Å². The number of aliphatic carboxylic acids is 1. The number of aromatic amines is 1. The highest BCUT2D eigenvalue weighted by atomic mass is 16.4. The number of hydrogen-bond acceptors (Lipinski definition) is 4. The normalized spacial score (nSPS) is 19.4. The zero-order valence-corrected chi connectivity index (χ0v) is 10.9. The second-order valence-electron chi connectivity index (χ2n) is 4.73. The first kappa shape index (κ1) is 13.0. The minimum atomic E-state index is -0.801. The van der Waals surface area contributed by atoms with Gasteiger partial charge in [0.2, 0.25) is 0 Å². The summed E-state index contributed by atoms with van der Waals surface area (Å²) in [6.07, 6.45) is 0.972. The molecule has 2 rings (SSSR count). The highest BCUT2D eigenvalue weighted by Gasteiger charge is 2.31. The van der Waals surface area contributed by atoms with E-state index in [0.717, 1.165) is 49.6 Å². The average Bonchev–Trinajstić information content (AvgIpc) is 2.58. The van der Waals surface area contributed by atoms with Crippen molar-refractivity contribution in [3.05, 3.63) is 17.0 Å². The van der Waals surface area contributed by atoms with Crippen LogP contribution in [-0.2, 0) is 4.79 Å². The van der Waals surface area contributed by atoms with E-state index in [1.807, 2.05) is 18.7 Å². The summed E-state index contributed by atoms with van der Waals surface area (Å²) in [6, 6.07) is -0.594. The van der Waals surface area contributed by atoms with Gasteiger partial charge < -0.3 is 10.4 Å². The lowest BCUT2D eigenvalue weighted by atomic mass is 10.0. The van der Waals surface area contributed by atoms with Crippen LogP contribution in [0.25, 0.3) is 0 Å². The van der Waals surface area contributed by atoms with Crippen LogP contribution in [0.1, 0.15) is 29.4 Å². The molecular weight excluding hydrogens is 232 g/mol. The zero-order valence-electron chi connectivity index (χ0n) is 10.9. The van der Waals surface area contributed by atoms with Crippen molar-refractivity contribution in [1.29, 1.82) is 0 Å². The number of rotatable bonds is 3. The van der Waals surface area contributed by atoms with Gasteiger partial charge >= 0.3 is 5.97 Å². The Kier molecular flexibility index (Phi) is 3.98. The Labute approximate surface area is 106 Å². The number of nitrogens with zero attached hydrogens (tertiary/aromatic N) is 2. The number of H-pyrrole nitrogens is 1. The van der Waals surface area contributed by atoms with Crippen molar-refractivity contribution in [1.82, 2.24) is 20.4 Å². The number of carboxylic acid groups (broad SMARTS) is 1. The van der Waals surface area contributed by atoms with Crippen LogP contribution in [0.3, 0.4) is 0 Å². The van der Waals surface area contributed by atoms with Crippen LogP contribution in [0.5, 0.6) is 0 Å². The van der Waals surface area contributed by atoms with Gasteiger partial charge in [0.15, 0.2) is 0 Å². The average molecular weight is 252 g/mol. The molecule has 100 valence electrons. The lowest BCUT2D eigenvalue weighted by Crippen LogP contribution is -2.37. The molecule has 1 aliphatic rings. The fourth-order valence-electron chi connectivity index (χ4n) is 2.55. The molecule has 0 amide bonds. The highest BCUT2D eigenvalue weighted by Crippen LogP contribution is 2.26. The van der Waals surface area contributed by atoms with E-state index in [1.165, 1.54) is 0 Å². The van der Waals surface area contributed by atoms with E-state index in [0.29, 0.717) is 0 Å². The summed E-state index contributed by atoms with van der Waals surface area (Å²) in [5, 5.41) is 19.8. The number of nitrogens with one attached hydrogen (secondary N) is 2. The molecule has 1 fully saturated rings. The molecule has 6 heteroatoms. The highest BCUT2D eigenvalue weighted by molar-refractivity contribution is 5.76. The van der Waals surface area contributed by atoms with Crippen LogP contribution in [0.15, 0.2) is 0 Å². The Balaban J connectivity index is 2.30. The Morgan fingerprint density at radius 2 is 2.17 bits per heavy atom. The molecule has 3 N–H and O–H groups in total. The summed E-state index contributed by atoms with van der Waals surface area (Å²) in [6.45, 7) is 7.06. The standard InChI is InChI=1S/C12H20N4O2/c1-8-10(9(2)15-14-8)11(12(17)18)16-6-3-4-13-5-7-16/h11,13H,3-7H2,1-2H3,(H,14,15)(H,17,18). The lowest BCUT2D eigenvalue weighted by Gasteiger charge is -2.27. The van der Waals surface area contributed by atoms with Crippen molar-refractivity contribution in [2.45, 2.75) is 26.3 Å². The fraction of sp³-hybridized carbons (Fsp3) is 0.667. The number of hydrogen-bond donors (Lipinski definition) is 3. The molecule has 18 heavy (non-hydrogen) atoms. The smallest absolute Gasteiger partial charge is 0.325 e. The van der Waals surface area contributed by atoms with Crippen LogP contribution in [0.4, 0.5) is 0 Å². The van der Waals surface area contributed by atoms with Crippen LogP contribution in [0, 0.1) is 13.8 Å². The number of carbonyl (C=O) groups is 1. The molecule has 2 heterocycles. The van der Waals surface area contributed by atoms with Crippen LogP contribution >= 0.6 is 0 Å². The first-order chi connectivity index (χ1) is 8.61. The summed E-state index contributed by atoms with van der Waals surface area (Å²) in [7, 11) is 0. The van der Waals surface area contributed by atoms with Crippen LogP contribution < -0.4 is 5.32 Å². The van der Waals surface area contributed by atoms with Gasteiger partial charge in [0.1, 0.15) is 6.04 Å². The third kappa shape index (κ3) is 2.54. The molecule has 0 radical (unpaired) electrons. The molecule has 0 aromatic carbocycles. The maximum Gasteiger partial charge on any atom is 0.325 e. The SMILES string of the molecule is Cc1n[nH]c(C)c1C(C(=O)O)N1CCCNCC1. The van der Waals surface area contributed by atoms with E-state index in [-0.39, 0.29) is 0 Å². The summed E-state index contributed by atoms with van der Waals surface area (Å²) in [5.41, 5.74) is 2.43. The Bertz CT molecular complexity index is 402. The minimum absolute atomic E-state index is 0.594. The quantitative estimate of drug-likeness (QED) is 0.727. The van der Waals surface area contributed by atoms with Gasteiger partial charge in [0, 0.05) is 30.9 Å². The van der Waals surface area contributed by atoms with Crippen molar-refractivity contribution >= 4 is 5.97 Å². The van der Waals surface area contributed by atoms with E-state index < -0.39 is 12.0 Å². The third-order valence-corrected chi connectivity index (χ3v) is 3.43. The van der Waals surface area contributed by atoms with Gasteiger partial charge in [0.05, 0.1) is 5.69 Å². The fourth-order valence-corrected chi connectivity index (χ4v) is 2.55. The topological polar surface area (TPSA) is 81.2 Å². The van der Waals surface area contributed by atoms with E-state index >= 15 is 0 Å².